The van der Waals surface area contributed by atoms with E-state index >= 15 is 0 Å². The van der Waals surface area contributed by atoms with E-state index in [-0.39, 0.29) is 11.8 Å². The van der Waals surface area contributed by atoms with E-state index in [1.54, 1.807) is 12.1 Å². The topological polar surface area (TPSA) is 64.6 Å². The number of amides is 1. The van der Waals surface area contributed by atoms with Crippen LogP contribution in [-0.2, 0) is 16.1 Å². The molecule has 25 heavy (non-hydrogen) atoms. The summed E-state index contributed by atoms with van der Waals surface area (Å²) in [5, 5.41) is 2.89. The van der Waals surface area contributed by atoms with Crippen LogP contribution in [0.15, 0.2) is 48.5 Å². The molecule has 2 rings (SSSR count). The van der Waals surface area contributed by atoms with E-state index in [2.05, 4.69) is 5.32 Å². The first-order valence-corrected chi connectivity index (χ1v) is 8.12. The first kappa shape index (κ1) is 18.5. The van der Waals surface area contributed by atoms with Crippen LogP contribution in [0.25, 0.3) is 0 Å². The van der Waals surface area contributed by atoms with E-state index < -0.39 is 5.97 Å². The summed E-state index contributed by atoms with van der Waals surface area (Å²) in [6.07, 6.45) is 0.407. The number of hydrogen-bond acceptors (Lipinski definition) is 4. The van der Waals surface area contributed by atoms with Gasteiger partial charge in [0.15, 0.2) is 0 Å². The molecule has 0 aliphatic heterocycles. The van der Waals surface area contributed by atoms with E-state index in [0.29, 0.717) is 24.3 Å². The minimum atomic E-state index is -0.470. The summed E-state index contributed by atoms with van der Waals surface area (Å²) in [6.45, 7) is 2.37. The van der Waals surface area contributed by atoms with E-state index in [1.165, 1.54) is 14.2 Å². The molecular weight excluding hydrogens is 318 g/mol. The fourth-order valence-electron chi connectivity index (χ4n) is 2.58. The van der Waals surface area contributed by atoms with Crippen LogP contribution in [0, 0.1) is 0 Å². The Morgan fingerprint density at radius 1 is 1.08 bits per heavy atom. The zero-order valence-corrected chi connectivity index (χ0v) is 14.7. The van der Waals surface area contributed by atoms with Gasteiger partial charge in [-0.1, -0.05) is 43.3 Å². The Bertz CT molecular complexity index is 728. The molecule has 2 aromatic rings. The standard InChI is InChI=1S/C20H23NO4/c1-14(16-7-5-4-6-8-16)11-19(22)21-13-15-9-10-18(24-2)17(12-15)20(23)25-3/h4-10,12,14H,11,13H2,1-3H3,(H,21,22)/t14-/m1/s1. The van der Waals surface area contributed by atoms with Gasteiger partial charge in [0, 0.05) is 13.0 Å². The molecule has 0 bridgehead atoms. The number of rotatable bonds is 7. The minimum absolute atomic E-state index is 0.0354. The maximum Gasteiger partial charge on any atom is 0.341 e. The molecule has 0 saturated carbocycles. The summed E-state index contributed by atoms with van der Waals surface area (Å²) in [4.78, 5) is 24.0. The molecular formula is C20H23NO4. The van der Waals surface area contributed by atoms with Gasteiger partial charge in [0.2, 0.25) is 5.91 Å². The molecule has 0 heterocycles. The minimum Gasteiger partial charge on any atom is -0.496 e. The molecule has 0 saturated heterocycles. The van der Waals surface area contributed by atoms with Gasteiger partial charge in [-0.05, 0) is 29.2 Å². The molecule has 132 valence electrons. The van der Waals surface area contributed by atoms with Crippen LogP contribution in [0.3, 0.4) is 0 Å². The zero-order chi connectivity index (χ0) is 18.2. The molecule has 2 aromatic carbocycles. The number of carbonyl (C=O) groups excluding carboxylic acids is 2. The third-order valence-corrected chi connectivity index (χ3v) is 4.02. The lowest BCUT2D eigenvalue weighted by Gasteiger charge is -2.13. The van der Waals surface area contributed by atoms with Crippen molar-refractivity contribution in [3.8, 4) is 5.75 Å². The van der Waals surface area contributed by atoms with Gasteiger partial charge in [0.1, 0.15) is 11.3 Å². The summed E-state index contributed by atoms with van der Waals surface area (Å²) >= 11 is 0. The van der Waals surface area contributed by atoms with E-state index in [9.17, 15) is 9.59 Å². The fourth-order valence-corrected chi connectivity index (χ4v) is 2.58. The van der Waals surface area contributed by atoms with Crippen molar-refractivity contribution in [3.63, 3.8) is 0 Å². The van der Waals surface area contributed by atoms with Crippen molar-refractivity contribution < 1.29 is 19.1 Å². The molecule has 1 amide bonds. The average Bonchev–Trinajstić information content (AvgIpc) is 2.66. The molecule has 0 radical (unpaired) electrons. The number of nitrogens with one attached hydrogen (secondary N) is 1. The summed E-state index contributed by atoms with van der Waals surface area (Å²) in [5.74, 6) is 0.0804. The Hall–Kier alpha value is -2.82. The number of methoxy groups -OCH3 is 2. The molecule has 0 spiro atoms. The van der Waals surface area contributed by atoms with Crippen molar-refractivity contribution in [3.05, 3.63) is 65.2 Å². The highest BCUT2D eigenvalue weighted by Crippen LogP contribution is 2.21. The second-order valence-electron chi connectivity index (χ2n) is 5.82. The van der Waals surface area contributed by atoms with Gasteiger partial charge in [0.25, 0.3) is 0 Å². The van der Waals surface area contributed by atoms with Gasteiger partial charge in [-0.3, -0.25) is 4.79 Å². The Kier molecular flexibility index (Phi) is 6.57. The van der Waals surface area contributed by atoms with Crippen molar-refractivity contribution in [2.24, 2.45) is 0 Å². The second-order valence-corrected chi connectivity index (χ2v) is 5.82. The van der Waals surface area contributed by atoms with Gasteiger partial charge in [-0.15, -0.1) is 0 Å². The zero-order valence-electron chi connectivity index (χ0n) is 14.7. The third-order valence-electron chi connectivity index (χ3n) is 4.02. The molecule has 0 aliphatic rings. The monoisotopic (exact) mass is 341 g/mol. The summed E-state index contributed by atoms with van der Waals surface area (Å²) < 4.78 is 9.92. The smallest absolute Gasteiger partial charge is 0.341 e. The second kappa shape index (κ2) is 8.87. The van der Waals surface area contributed by atoms with Crippen LogP contribution < -0.4 is 10.1 Å². The van der Waals surface area contributed by atoms with Gasteiger partial charge in [-0.25, -0.2) is 4.79 Å². The molecule has 0 aromatic heterocycles. The normalized spacial score (nSPS) is 11.5. The highest BCUT2D eigenvalue weighted by atomic mass is 16.5. The lowest BCUT2D eigenvalue weighted by molar-refractivity contribution is -0.121. The van der Waals surface area contributed by atoms with Crippen LogP contribution in [0.4, 0.5) is 0 Å². The van der Waals surface area contributed by atoms with Crippen LogP contribution in [0.5, 0.6) is 5.75 Å². The lowest BCUT2D eigenvalue weighted by Crippen LogP contribution is -2.24. The highest BCUT2D eigenvalue weighted by molar-refractivity contribution is 5.92. The first-order valence-electron chi connectivity index (χ1n) is 8.12. The Balaban J connectivity index is 1.96. The molecule has 5 heteroatoms. The largest absolute Gasteiger partial charge is 0.496 e. The summed E-state index contributed by atoms with van der Waals surface area (Å²) in [6, 6.07) is 15.1. The fraction of sp³-hybridized carbons (Fsp3) is 0.300. The Morgan fingerprint density at radius 3 is 2.44 bits per heavy atom. The van der Waals surface area contributed by atoms with E-state index in [0.717, 1.165) is 11.1 Å². The third kappa shape index (κ3) is 5.08. The van der Waals surface area contributed by atoms with Crippen molar-refractivity contribution in [1.82, 2.24) is 5.32 Å². The number of hydrogen-bond donors (Lipinski definition) is 1. The Morgan fingerprint density at radius 2 is 1.80 bits per heavy atom. The summed E-state index contributed by atoms with van der Waals surface area (Å²) in [7, 11) is 2.81. The van der Waals surface area contributed by atoms with Gasteiger partial charge in [-0.2, -0.15) is 0 Å². The Labute approximate surface area is 148 Å². The molecule has 0 aliphatic carbocycles. The van der Waals surface area contributed by atoms with Crippen LogP contribution in [-0.4, -0.2) is 26.1 Å². The molecule has 1 N–H and O–H groups in total. The predicted molar refractivity (Wildman–Crippen MR) is 95.7 cm³/mol. The quantitative estimate of drug-likeness (QED) is 0.785. The van der Waals surface area contributed by atoms with Crippen molar-refractivity contribution in [2.75, 3.05) is 14.2 Å². The SMILES string of the molecule is COC(=O)c1cc(CNC(=O)C[C@@H](C)c2ccccc2)ccc1OC. The predicted octanol–water partition coefficient (Wildman–Crippen LogP) is 3.29. The van der Waals surface area contributed by atoms with Crippen LogP contribution >= 0.6 is 0 Å². The van der Waals surface area contributed by atoms with E-state index in [4.69, 9.17) is 9.47 Å². The highest BCUT2D eigenvalue weighted by Gasteiger charge is 2.14. The molecule has 1 atom stereocenters. The molecule has 0 unspecified atom stereocenters. The van der Waals surface area contributed by atoms with Gasteiger partial charge < -0.3 is 14.8 Å². The summed E-state index contributed by atoms with van der Waals surface area (Å²) in [5.41, 5.74) is 2.28. The van der Waals surface area contributed by atoms with Crippen molar-refractivity contribution in [1.29, 1.82) is 0 Å². The van der Waals surface area contributed by atoms with Gasteiger partial charge in [0.05, 0.1) is 14.2 Å². The average molecular weight is 341 g/mol. The lowest BCUT2D eigenvalue weighted by atomic mass is 9.97. The number of ether oxygens (including phenoxy) is 2. The molecule has 0 fully saturated rings. The van der Waals surface area contributed by atoms with Gasteiger partial charge >= 0.3 is 5.97 Å². The van der Waals surface area contributed by atoms with E-state index in [1.807, 2.05) is 43.3 Å². The number of esters is 1. The van der Waals surface area contributed by atoms with Crippen molar-refractivity contribution in [2.45, 2.75) is 25.8 Å². The van der Waals surface area contributed by atoms with Crippen LogP contribution in [0.1, 0.15) is 40.7 Å². The number of benzene rings is 2. The maximum atomic E-state index is 12.2. The van der Waals surface area contributed by atoms with Crippen LogP contribution in [0.2, 0.25) is 0 Å². The molecule has 5 nitrogen and oxygen atoms in total. The number of carbonyl (C=O) groups is 2. The maximum absolute atomic E-state index is 12.2. The first-order chi connectivity index (χ1) is 12.0. The van der Waals surface area contributed by atoms with Crippen molar-refractivity contribution >= 4 is 11.9 Å².